The number of fused-ring (bicyclic) bond motifs is 2. The van der Waals surface area contributed by atoms with Crippen molar-refractivity contribution in [2.75, 3.05) is 6.54 Å². The first-order valence-corrected chi connectivity index (χ1v) is 8.14. The first kappa shape index (κ1) is 15.4. The largest absolute Gasteiger partial charge is 0.451 e. The number of H-pyrrole nitrogens is 1. The second-order valence-electron chi connectivity index (χ2n) is 6.16. The lowest BCUT2D eigenvalue weighted by atomic mass is 10.1. The monoisotopic (exact) mass is 336 g/mol. The third kappa shape index (κ3) is 3.01. The second kappa shape index (κ2) is 6.09. The van der Waals surface area contributed by atoms with Crippen molar-refractivity contribution in [2.45, 2.75) is 13.3 Å². The van der Waals surface area contributed by atoms with Crippen molar-refractivity contribution >= 4 is 27.8 Å². The van der Waals surface area contributed by atoms with E-state index in [-0.39, 0.29) is 17.5 Å². The van der Waals surface area contributed by atoms with E-state index in [1.165, 1.54) is 29.1 Å². The van der Waals surface area contributed by atoms with E-state index in [9.17, 15) is 9.18 Å². The summed E-state index contributed by atoms with van der Waals surface area (Å²) in [5.74, 6) is -0.461. The third-order valence-electron chi connectivity index (χ3n) is 4.30. The van der Waals surface area contributed by atoms with Crippen LogP contribution in [0.25, 0.3) is 21.9 Å². The lowest BCUT2D eigenvalue weighted by molar-refractivity contribution is 0.0928. The fourth-order valence-electron chi connectivity index (χ4n) is 3.03. The average molecular weight is 336 g/mol. The van der Waals surface area contributed by atoms with E-state index in [4.69, 9.17) is 4.42 Å². The number of hydrogen-bond donors (Lipinski definition) is 2. The molecular weight excluding hydrogens is 319 g/mol. The van der Waals surface area contributed by atoms with E-state index >= 15 is 0 Å². The van der Waals surface area contributed by atoms with Crippen LogP contribution in [0.15, 0.2) is 53.1 Å². The molecule has 1 amide bonds. The summed E-state index contributed by atoms with van der Waals surface area (Å²) in [6.45, 7) is 2.55. The predicted molar refractivity (Wildman–Crippen MR) is 95.2 cm³/mol. The molecule has 25 heavy (non-hydrogen) atoms. The normalized spacial score (nSPS) is 11.3. The SMILES string of the molecule is Cc1ccc2c(CCNC(=O)c3cc4cc(F)ccc4o3)c[nH]c2c1. The first-order chi connectivity index (χ1) is 12.1. The van der Waals surface area contributed by atoms with E-state index in [1.807, 2.05) is 6.20 Å². The zero-order valence-corrected chi connectivity index (χ0v) is 13.7. The quantitative estimate of drug-likeness (QED) is 0.582. The molecule has 0 aliphatic rings. The fraction of sp³-hybridized carbons (Fsp3) is 0.150. The summed E-state index contributed by atoms with van der Waals surface area (Å²) >= 11 is 0. The summed E-state index contributed by atoms with van der Waals surface area (Å²) in [6.07, 6.45) is 2.68. The number of aromatic nitrogens is 1. The van der Waals surface area contributed by atoms with Gasteiger partial charge in [-0.15, -0.1) is 0 Å². The highest BCUT2D eigenvalue weighted by molar-refractivity contribution is 5.96. The highest BCUT2D eigenvalue weighted by atomic mass is 19.1. The molecule has 4 rings (SSSR count). The molecule has 0 aliphatic carbocycles. The molecule has 0 spiro atoms. The van der Waals surface area contributed by atoms with E-state index in [1.54, 1.807) is 6.07 Å². The van der Waals surface area contributed by atoms with Crippen LogP contribution in [0.2, 0.25) is 0 Å². The Bertz CT molecular complexity index is 1080. The Hall–Kier alpha value is -3.08. The Morgan fingerprint density at radius 1 is 1.20 bits per heavy atom. The number of nitrogens with one attached hydrogen (secondary N) is 2. The minimum absolute atomic E-state index is 0.190. The van der Waals surface area contributed by atoms with Crippen LogP contribution < -0.4 is 5.32 Å². The summed E-state index contributed by atoms with van der Waals surface area (Å²) in [5.41, 5.74) is 3.96. The third-order valence-corrected chi connectivity index (χ3v) is 4.30. The molecule has 2 aromatic heterocycles. The number of carbonyl (C=O) groups excluding carboxylic acids is 1. The first-order valence-electron chi connectivity index (χ1n) is 8.14. The molecule has 0 saturated heterocycles. The van der Waals surface area contributed by atoms with Crippen molar-refractivity contribution in [1.82, 2.24) is 10.3 Å². The van der Waals surface area contributed by atoms with Gasteiger partial charge in [0.2, 0.25) is 0 Å². The van der Waals surface area contributed by atoms with Gasteiger partial charge in [-0.25, -0.2) is 4.39 Å². The van der Waals surface area contributed by atoms with Crippen LogP contribution in [0.5, 0.6) is 0 Å². The molecule has 0 fully saturated rings. The molecule has 2 N–H and O–H groups in total. The molecule has 5 heteroatoms. The molecule has 4 nitrogen and oxygen atoms in total. The highest BCUT2D eigenvalue weighted by Gasteiger charge is 2.12. The topological polar surface area (TPSA) is 58.0 Å². The van der Waals surface area contributed by atoms with Crippen LogP contribution in [0, 0.1) is 12.7 Å². The van der Waals surface area contributed by atoms with Crippen LogP contribution in [-0.4, -0.2) is 17.4 Å². The van der Waals surface area contributed by atoms with Gasteiger partial charge in [0, 0.05) is 29.0 Å². The minimum Gasteiger partial charge on any atom is -0.451 e. The van der Waals surface area contributed by atoms with Crippen LogP contribution >= 0.6 is 0 Å². The Morgan fingerprint density at radius 3 is 2.96 bits per heavy atom. The molecule has 0 atom stereocenters. The van der Waals surface area contributed by atoms with Gasteiger partial charge in [0.15, 0.2) is 5.76 Å². The maximum atomic E-state index is 13.2. The van der Waals surface area contributed by atoms with Gasteiger partial charge in [-0.2, -0.15) is 0 Å². The maximum Gasteiger partial charge on any atom is 0.287 e. The van der Waals surface area contributed by atoms with E-state index in [0.29, 0.717) is 23.9 Å². The van der Waals surface area contributed by atoms with Gasteiger partial charge in [-0.3, -0.25) is 4.79 Å². The van der Waals surface area contributed by atoms with Crippen LogP contribution in [-0.2, 0) is 6.42 Å². The summed E-state index contributed by atoms with van der Waals surface area (Å²) in [7, 11) is 0. The predicted octanol–water partition coefficient (Wildman–Crippen LogP) is 4.33. The minimum atomic E-state index is -0.352. The molecule has 126 valence electrons. The van der Waals surface area contributed by atoms with Crippen molar-refractivity contribution in [3.63, 3.8) is 0 Å². The molecule has 2 aromatic carbocycles. The van der Waals surface area contributed by atoms with Gasteiger partial charge in [0.1, 0.15) is 11.4 Å². The fourth-order valence-corrected chi connectivity index (χ4v) is 3.03. The molecule has 2 heterocycles. The lowest BCUT2D eigenvalue weighted by Crippen LogP contribution is -2.25. The molecule has 0 saturated carbocycles. The number of furan rings is 1. The zero-order chi connectivity index (χ0) is 17.4. The van der Waals surface area contributed by atoms with E-state index in [0.717, 1.165) is 11.1 Å². The molecular formula is C20H17FN2O2. The number of amides is 1. The van der Waals surface area contributed by atoms with Crippen LogP contribution in [0.3, 0.4) is 0 Å². The number of rotatable bonds is 4. The van der Waals surface area contributed by atoms with Crippen LogP contribution in [0.4, 0.5) is 4.39 Å². The highest BCUT2D eigenvalue weighted by Crippen LogP contribution is 2.21. The molecule has 0 radical (unpaired) electrons. The number of halogens is 1. The van der Waals surface area contributed by atoms with E-state index in [2.05, 4.69) is 35.4 Å². The summed E-state index contributed by atoms with van der Waals surface area (Å²) in [5, 5.41) is 4.60. The van der Waals surface area contributed by atoms with Gasteiger partial charge >= 0.3 is 0 Å². The Morgan fingerprint density at radius 2 is 2.08 bits per heavy atom. The molecule has 4 aromatic rings. The van der Waals surface area contributed by atoms with Gasteiger partial charge < -0.3 is 14.7 Å². The number of aryl methyl sites for hydroxylation is 1. The van der Waals surface area contributed by atoms with Gasteiger partial charge in [0.25, 0.3) is 5.91 Å². The van der Waals surface area contributed by atoms with Crippen molar-refractivity contribution in [3.8, 4) is 0 Å². The number of aromatic amines is 1. The smallest absolute Gasteiger partial charge is 0.287 e. The second-order valence-corrected chi connectivity index (χ2v) is 6.16. The van der Waals surface area contributed by atoms with Gasteiger partial charge in [-0.05, 0) is 54.8 Å². The number of hydrogen-bond acceptors (Lipinski definition) is 2. The van der Waals surface area contributed by atoms with Crippen molar-refractivity contribution in [1.29, 1.82) is 0 Å². The Kier molecular flexibility index (Phi) is 3.76. The standard InChI is InChI=1S/C20H17FN2O2/c1-12-2-4-16-13(11-23-17(16)8-12)6-7-22-20(24)19-10-14-9-15(21)3-5-18(14)25-19/h2-5,8-11,23H,6-7H2,1H3,(H,22,24). The average Bonchev–Trinajstić information content (AvgIpc) is 3.18. The van der Waals surface area contributed by atoms with E-state index < -0.39 is 0 Å². The Labute approximate surface area is 143 Å². The number of benzene rings is 2. The van der Waals surface area contributed by atoms with Gasteiger partial charge in [0.05, 0.1) is 0 Å². The summed E-state index contributed by atoms with van der Waals surface area (Å²) < 4.78 is 18.7. The lowest BCUT2D eigenvalue weighted by Gasteiger charge is -2.03. The summed E-state index contributed by atoms with van der Waals surface area (Å²) in [6, 6.07) is 12.0. The zero-order valence-electron chi connectivity index (χ0n) is 13.7. The van der Waals surface area contributed by atoms with Crippen molar-refractivity contribution in [3.05, 3.63) is 71.4 Å². The van der Waals surface area contributed by atoms with Gasteiger partial charge in [-0.1, -0.05) is 12.1 Å². The number of carbonyl (C=O) groups is 1. The molecule has 0 unspecified atom stereocenters. The van der Waals surface area contributed by atoms with Crippen LogP contribution in [0.1, 0.15) is 21.7 Å². The maximum absolute atomic E-state index is 13.2. The Balaban J connectivity index is 1.44. The molecule has 0 bridgehead atoms. The van der Waals surface area contributed by atoms with Crippen molar-refractivity contribution in [2.24, 2.45) is 0 Å². The van der Waals surface area contributed by atoms with Crippen molar-refractivity contribution < 1.29 is 13.6 Å². The molecule has 0 aliphatic heterocycles. The summed E-state index contributed by atoms with van der Waals surface area (Å²) in [4.78, 5) is 15.5.